The molecule has 0 aliphatic heterocycles. The zero-order chi connectivity index (χ0) is 23.7. The summed E-state index contributed by atoms with van der Waals surface area (Å²) in [6.45, 7) is 12.3. The van der Waals surface area contributed by atoms with Crippen LogP contribution in [0.15, 0.2) is 30.3 Å². The number of benzene rings is 2. The normalized spacial score (nSPS) is 18.5. The minimum Gasteiger partial charge on any atom is -0.377 e. The molecule has 4 heteroatoms. The molecule has 0 spiro atoms. The van der Waals surface area contributed by atoms with Gasteiger partial charge in [0.15, 0.2) is 0 Å². The fourth-order valence-electron chi connectivity index (χ4n) is 5.34. The minimum atomic E-state index is 0.485. The molecule has 4 nitrogen and oxygen atoms in total. The average molecular weight is 445 g/mol. The first-order chi connectivity index (χ1) is 15.8. The molecule has 0 unspecified atom stereocenters. The number of pyridine rings is 1. The van der Waals surface area contributed by atoms with Gasteiger partial charge in [-0.15, -0.1) is 0 Å². The van der Waals surface area contributed by atoms with Gasteiger partial charge >= 0.3 is 0 Å². The van der Waals surface area contributed by atoms with Gasteiger partial charge in [-0.25, -0.2) is 4.98 Å². The average Bonchev–Trinajstić information content (AvgIpc) is 2.82. The van der Waals surface area contributed by atoms with Crippen molar-refractivity contribution >= 4 is 22.4 Å². The Morgan fingerprint density at radius 1 is 0.818 bits per heavy atom. The Bertz CT molecular complexity index is 1110. The second-order valence-corrected chi connectivity index (χ2v) is 10.1. The molecule has 1 fully saturated rings. The fraction of sp³-hybridized carbons (Fsp3) is 0.483. The van der Waals surface area contributed by atoms with Crippen LogP contribution in [-0.4, -0.2) is 31.2 Å². The van der Waals surface area contributed by atoms with E-state index in [2.05, 4.69) is 94.6 Å². The summed E-state index contributed by atoms with van der Waals surface area (Å²) in [5.41, 5.74) is 11.0. The molecule has 2 N–H and O–H groups in total. The van der Waals surface area contributed by atoms with Crippen molar-refractivity contribution in [3.05, 3.63) is 63.7 Å². The lowest BCUT2D eigenvalue weighted by Crippen LogP contribution is -2.37. The first kappa shape index (κ1) is 23.6. The highest BCUT2D eigenvalue weighted by Gasteiger charge is 2.22. The summed E-state index contributed by atoms with van der Waals surface area (Å²) >= 11 is 0. The molecule has 3 aromatic rings. The molecule has 0 amide bonds. The summed E-state index contributed by atoms with van der Waals surface area (Å²) in [5, 5.41) is 8.81. The quantitative estimate of drug-likeness (QED) is 0.464. The van der Waals surface area contributed by atoms with Gasteiger partial charge in [0, 0.05) is 49.9 Å². The fourth-order valence-corrected chi connectivity index (χ4v) is 5.34. The van der Waals surface area contributed by atoms with E-state index in [1.807, 2.05) is 0 Å². The number of hydrogen-bond acceptors (Lipinski definition) is 4. The smallest absolute Gasteiger partial charge is 0.128 e. The number of fused-ring (bicyclic) bond motifs is 1. The largest absolute Gasteiger partial charge is 0.377 e. The number of anilines is 2. The van der Waals surface area contributed by atoms with Crippen molar-refractivity contribution in [2.24, 2.45) is 0 Å². The van der Waals surface area contributed by atoms with Crippen molar-refractivity contribution in [3.8, 4) is 0 Å². The zero-order valence-electron chi connectivity index (χ0n) is 21.5. The lowest BCUT2D eigenvalue weighted by Gasteiger charge is -2.31. The maximum atomic E-state index is 4.90. The van der Waals surface area contributed by atoms with Crippen molar-refractivity contribution in [3.63, 3.8) is 0 Å². The third-order valence-electron chi connectivity index (χ3n) is 7.98. The van der Waals surface area contributed by atoms with Crippen molar-refractivity contribution in [2.75, 3.05) is 24.3 Å². The second kappa shape index (κ2) is 9.72. The van der Waals surface area contributed by atoms with E-state index >= 15 is 0 Å². The standard InChI is InChI=1S/C29H40N4/c1-18-19(2)21(4)26(22(5)20(18)3)17-30-23-12-14-24(15-13-23)31-29-16-28(33(6)7)25-10-8-9-11-27(25)32-29/h8-11,16,23-24,30H,12-15,17H2,1-7H3,(H,31,32)/t23-,24+. The van der Waals surface area contributed by atoms with Gasteiger partial charge in [0.1, 0.15) is 5.82 Å². The summed E-state index contributed by atoms with van der Waals surface area (Å²) < 4.78 is 0. The van der Waals surface area contributed by atoms with E-state index < -0.39 is 0 Å². The third kappa shape index (κ3) is 4.86. The predicted octanol–water partition coefficient (Wildman–Crippen LogP) is 6.36. The van der Waals surface area contributed by atoms with Gasteiger partial charge in [-0.05, 0) is 99.7 Å². The van der Waals surface area contributed by atoms with Crippen LogP contribution >= 0.6 is 0 Å². The van der Waals surface area contributed by atoms with Gasteiger partial charge in [-0.3, -0.25) is 0 Å². The highest BCUT2D eigenvalue weighted by molar-refractivity contribution is 5.93. The summed E-state index contributed by atoms with van der Waals surface area (Å²) in [5.74, 6) is 0.991. The highest BCUT2D eigenvalue weighted by Crippen LogP contribution is 2.30. The maximum Gasteiger partial charge on any atom is 0.128 e. The molecule has 0 atom stereocenters. The van der Waals surface area contributed by atoms with Crippen LogP contribution in [0.5, 0.6) is 0 Å². The number of hydrogen-bond donors (Lipinski definition) is 2. The molecule has 0 saturated heterocycles. The van der Waals surface area contributed by atoms with Crippen LogP contribution in [0.1, 0.15) is 59.1 Å². The number of aromatic nitrogens is 1. The Labute approximate surface area is 199 Å². The van der Waals surface area contributed by atoms with E-state index in [-0.39, 0.29) is 0 Å². The van der Waals surface area contributed by atoms with Crippen LogP contribution < -0.4 is 15.5 Å². The van der Waals surface area contributed by atoms with E-state index in [4.69, 9.17) is 4.98 Å². The van der Waals surface area contributed by atoms with Crippen molar-refractivity contribution in [1.29, 1.82) is 0 Å². The number of para-hydroxylation sites is 1. The van der Waals surface area contributed by atoms with E-state index in [0.29, 0.717) is 12.1 Å². The van der Waals surface area contributed by atoms with Gasteiger partial charge in [0.25, 0.3) is 0 Å². The molecule has 1 heterocycles. The van der Waals surface area contributed by atoms with Crippen LogP contribution in [0.4, 0.5) is 11.5 Å². The number of rotatable bonds is 6. The molecule has 1 aromatic heterocycles. The van der Waals surface area contributed by atoms with Crippen molar-refractivity contribution < 1.29 is 0 Å². The summed E-state index contributed by atoms with van der Waals surface area (Å²) in [7, 11) is 4.20. The van der Waals surface area contributed by atoms with E-state index in [0.717, 1.165) is 17.9 Å². The Hall–Kier alpha value is -2.59. The lowest BCUT2D eigenvalue weighted by molar-refractivity contribution is 0.352. The summed E-state index contributed by atoms with van der Waals surface area (Å²) in [4.78, 5) is 7.07. The lowest BCUT2D eigenvalue weighted by atomic mass is 9.88. The van der Waals surface area contributed by atoms with Crippen LogP contribution in [0.25, 0.3) is 10.9 Å². The second-order valence-electron chi connectivity index (χ2n) is 10.1. The van der Waals surface area contributed by atoms with Gasteiger partial charge in [0.2, 0.25) is 0 Å². The molecule has 1 aliphatic carbocycles. The molecule has 33 heavy (non-hydrogen) atoms. The topological polar surface area (TPSA) is 40.2 Å². The van der Waals surface area contributed by atoms with Gasteiger partial charge in [0.05, 0.1) is 5.52 Å². The van der Waals surface area contributed by atoms with Gasteiger partial charge in [-0.1, -0.05) is 18.2 Å². The first-order valence-corrected chi connectivity index (χ1v) is 12.4. The monoisotopic (exact) mass is 444 g/mol. The Morgan fingerprint density at radius 3 is 2.03 bits per heavy atom. The Kier molecular flexibility index (Phi) is 6.94. The molecular weight excluding hydrogens is 404 g/mol. The van der Waals surface area contributed by atoms with E-state index in [1.165, 1.54) is 70.1 Å². The van der Waals surface area contributed by atoms with Crippen molar-refractivity contribution in [1.82, 2.24) is 10.3 Å². The summed E-state index contributed by atoms with van der Waals surface area (Å²) in [6.07, 6.45) is 4.75. The molecule has 176 valence electrons. The number of nitrogens with one attached hydrogen (secondary N) is 2. The molecule has 1 saturated carbocycles. The highest BCUT2D eigenvalue weighted by atomic mass is 15.1. The summed E-state index contributed by atoms with van der Waals surface area (Å²) in [6, 6.07) is 11.7. The first-order valence-electron chi connectivity index (χ1n) is 12.4. The van der Waals surface area contributed by atoms with Crippen LogP contribution in [0.3, 0.4) is 0 Å². The maximum absolute atomic E-state index is 4.90. The van der Waals surface area contributed by atoms with E-state index in [9.17, 15) is 0 Å². The van der Waals surface area contributed by atoms with Crippen LogP contribution in [0.2, 0.25) is 0 Å². The van der Waals surface area contributed by atoms with Crippen LogP contribution in [-0.2, 0) is 6.54 Å². The molecular formula is C29H40N4. The third-order valence-corrected chi connectivity index (χ3v) is 7.98. The van der Waals surface area contributed by atoms with Crippen molar-refractivity contribution in [2.45, 2.75) is 78.9 Å². The molecule has 2 aromatic carbocycles. The molecule has 0 bridgehead atoms. The van der Waals surface area contributed by atoms with Gasteiger partial charge in [-0.2, -0.15) is 0 Å². The minimum absolute atomic E-state index is 0.485. The molecule has 1 aliphatic rings. The zero-order valence-corrected chi connectivity index (χ0v) is 21.5. The Balaban J connectivity index is 1.38. The van der Waals surface area contributed by atoms with Crippen LogP contribution in [0, 0.1) is 34.6 Å². The predicted molar refractivity (Wildman–Crippen MR) is 143 cm³/mol. The SMILES string of the molecule is Cc1c(C)c(C)c(CN[C@H]2CC[C@@H](Nc3cc(N(C)C)c4ccccc4n3)CC2)c(C)c1C. The Morgan fingerprint density at radius 2 is 1.39 bits per heavy atom. The number of nitrogens with zero attached hydrogens (tertiary/aromatic N) is 2. The molecule has 0 radical (unpaired) electrons. The van der Waals surface area contributed by atoms with Gasteiger partial charge < -0.3 is 15.5 Å². The molecule has 4 rings (SSSR count). The van der Waals surface area contributed by atoms with E-state index in [1.54, 1.807) is 0 Å².